The summed E-state index contributed by atoms with van der Waals surface area (Å²) in [7, 11) is 0. The van der Waals surface area contributed by atoms with Gasteiger partial charge in [0.2, 0.25) is 0 Å². The molecule has 1 aromatic carbocycles. The van der Waals surface area contributed by atoms with Crippen LogP contribution in [0.2, 0.25) is 0 Å². The first-order valence-electron chi connectivity index (χ1n) is 8.75. The Balaban J connectivity index is 1.30. The molecule has 0 radical (unpaired) electrons. The first kappa shape index (κ1) is 16.9. The summed E-state index contributed by atoms with van der Waals surface area (Å²) in [6, 6.07) is 11.4. The molecule has 2 heterocycles. The number of fused-ring (bicyclic) bond motifs is 1. The molecule has 1 aromatic heterocycles. The summed E-state index contributed by atoms with van der Waals surface area (Å²) < 4.78 is 0. The number of thiophene rings is 1. The van der Waals surface area contributed by atoms with Gasteiger partial charge in [0, 0.05) is 11.4 Å². The smallest absolute Gasteiger partial charge is 0.261 e. The molecule has 126 valence electrons. The molecule has 1 aliphatic heterocycles. The van der Waals surface area contributed by atoms with E-state index >= 15 is 0 Å². The third-order valence-corrected chi connectivity index (χ3v) is 5.45. The van der Waals surface area contributed by atoms with Crippen LogP contribution in [0.5, 0.6) is 0 Å². The third-order valence-electron chi connectivity index (χ3n) is 4.51. The van der Waals surface area contributed by atoms with E-state index in [4.69, 9.17) is 0 Å². The summed E-state index contributed by atoms with van der Waals surface area (Å²) in [6.07, 6.45) is 8.07. The second-order valence-corrected chi connectivity index (χ2v) is 7.29. The highest BCUT2D eigenvalue weighted by molar-refractivity contribution is 7.09. The van der Waals surface area contributed by atoms with Crippen LogP contribution in [-0.4, -0.2) is 23.3 Å². The van der Waals surface area contributed by atoms with Gasteiger partial charge in [0.05, 0.1) is 11.1 Å². The Morgan fingerprint density at radius 2 is 1.38 bits per heavy atom. The lowest BCUT2D eigenvalue weighted by Crippen LogP contribution is -2.30. The molecule has 24 heavy (non-hydrogen) atoms. The lowest BCUT2D eigenvalue weighted by Gasteiger charge is -2.13. The van der Waals surface area contributed by atoms with Crippen LogP contribution in [0.1, 0.15) is 64.1 Å². The minimum Gasteiger partial charge on any atom is -0.274 e. The fraction of sp³-hybridized carbons (Fsp3) is 0.400. The van der Waals surface area contributed by atoms with Crippen LogP contribution in [0.15, 0.2) is 41.8 Å². The number of aryl methyl sites for hydroxylation is 1. The maximum atomic E-state index is 12.2. The van der Waals surface area contributed by atoms with Gasteiger partial charge < -0.3 is 0 Å². The van der Waals surface area contributed by atoms with Crippen molar-refractivity contribution in [3.63, 3.8) is 0 Å². The highest BCUT2D eigenvalue weighted by Crippen LogP contribution is 2.23. The summed E-state index contributed by atoms with van der Waals surface area (Å²) in [5.41, 5.74) is 1.10. The molecule has 0 aliphatic carbocycles. The van der Waals surface area contributed by atoms with Crippen LogP contribution in [0.25, 0.3) is 0 Å². The van der Waals surface area contributed by atoms with Gasteiger partial charge in [0.1, 0.15) is 0 Å². The molecule has 3 nitrogen and oxygen atoms in total. The van der Waals surface area contributed by atoms with Gasteiger partial charge in [0.15, 0.2) is 0 Å². The van der Waals surface area contributed by atoms with Gasteiger partial charge in [-0.3, -0.25) is 14.5 Å². The SMILES string of the molecule is O=C1c2ccccc2C(=O)N1CCCCCCCCc1cccs1. The van der Waals surface area contributed by atoms with Crippen LogP contribution >= 0.6 is 11.3 Å². The van der Waals surface area contributed by atoms with E-state index in [9.17, 15) is 9.59 Å². The van der Waals surface area contributed by atoms with Gasteiger partial charge in [0.25, 0.3) is 11.8 Å². The van der Waals surface area contributed by atoms with Crippen LogP contribution in [0, 0.1) is 0 Å². The van der Waals surface area contributed by atoms with Crippen molar-refractivity contribution in [2.75, 3.05) is 6.54 Å². The first-order chi connectivity index (χ1) is 11.8. The number of rotatable bonds is 9. The van der Waals surface area contributed by atoms with Crippen LogP contribution in [0.3, 0.4) is 0 Å². The predicted octanol–water partition coefficient (Wildman–Crippen LogP) is 4.93. The van der Waals surface area contributed by atoms with Gasteiger partial charge >= 0.3 is 0 Å². The quantitative estimate of drug-likeness (QED) is 0.479. The maximum Gasteiger partial charge on any atom is 0.261 e. The fourth-order valence-corrected chi connectivity index (χ4v) is 3.92. The van der Waals surface area contributed by atoms with E-state index in [-0.39, 0.29) is 11.8 Å². The predicted molar refractivity (Wildman–Crippen MR) is 97.5 cm³/mol. The number of hydrogen-bond donors (Lipinski definition) is 0. The van der Waals surface area contributed by atoms with Crippen molar-refractivity contribution in [3.8, 4) is 0 Å². The molecule has 0 fully saturated rings. The van der Waals surface area contributed by atoms with E-state index in [0.29, 0.717) is 17.7 Å². The zero-order valence-corrected chi connectivity index (χ0v) is 14.7. The molecular formula is C20H23NO2S. The van der Waals surface area contributed by atoms with Crippen molar-refractivity contribution < 1.29 is 9.59 Å². The Kier molecular flexibility index (Phi) is 5.81. The van der Waals surface area contributed by atoms with Crippen LogP contribution < -0.4 is 0 Å². The Bertz CT molecular complexity index is 658. The number of carbonyl (C=O) groups is 2. The zero-order valence-electron chi connectivity index (χ0n) is 13.9. The van der Waals surface area contributed by atoms with Crippen molar-refractivity contribution in [2.45, 2.75) is 44.9 Å². The van der Waals surface area contributed by atoms with Gasteiger partial charge in [-0.15, -0.1) is 11.3 Å². The standard InChI is InChI=1S/C20H23NO2S/c22-19-17-12-6-7-13-18(17)20(23)21(19)14-8-4-2-1-3-5-10-16-11-9-15-24-16/h6-7,9,11-13,15H,1-5,8,10,14H2. The largest absolute Gasteiger partial charge is 0.274 e. The van der Waals surface area contributed by atoms with Crippen LogP contribution in [0.4, 0.5) is 0 Å². The fourth-order valence-electron chi connectivity index (χ4n) is 3.17. The number of nitrogens with zero attached hydrogens (tertiary/aromatic N) is 1. The van der Waals surface area contributed by atoms with Gasteiger partial charge in [-0.1, -0.05) is 43.9 Å². The molecule has 3 rings (SSSR count). The Morgan fingerprint density at radius 3 is 2.00 bits per heavy atom. The molecule has 0 atom stereocenters. The molecule has 0 saturated carbocycles. The molecule has 0 saturated heterocycles. The molecular weight excluding hydrogens is 318 g/mol. The summed E-state index contributed by atoms with van der Waals surface area (Å²) >= 11 is 1.83. The number of carbonyl (C=O) groups excluding carboxylic acids is 2. The van der Waals surface area contributed by atoms with E-state index in [1.165, 1.54) is 41.9 Å². The Morgan fingerprint density at radius 1 is 0.750 bits per heavy atom. The van der Waals surface area contributed by atoms with E-state index in [0.717, 1.165) is 12.8 Å². The average Bonchev–Trinajstić information content (AvgIpc) is 3.20. The highest BCUT2D eigenvalue weighted by atomic mass is 32.1. The second kappa shape index (κ2) is 8.25. The van der Waals surface area contributed by atoms with Gasteiger partial charge in [-0.25, -0.2) is 0 Å². The monoisotopic (exact) mass is 341 g/mol. The van der Waals surface area contributed by atoms with E-state index in [1.54, 1.807) is 12.1 Å². The minimum atomic E-state index is -0.133. The normalized spacial score (nSPS) is 13.6. The summed E-state index contributed by atoms with van der Waals surface area (Å²) in [4.78, 5) is 27.3. The van der Waals surface area contributed by atoms with Crippen molar-refractivity contribution in [1.82, 2.24) is 4.90 Å². The van der Waals surface area contributed by atoms with Gasteiger partial charge in [-0.05, 0) is 42.8 Å². The number of imide groups is 1. The topological polar surface area (TPSA) is 37.4 Å². The summed E-state index contributed by atoms with van der Waals surface area (Å²) in [5, 5.41) is 2.13. The van der Waals surface area contributed by atoms with Crippen molar-refractivity contribution in [2.24, 2.45) is 0 Å². The van der Waals surface area contributed by atoms with Crippen molar-refractivity contribution in [3.05, 3.63) is 57.8 Å². The lowest BCUT2D eigenvalue weighted by molar-refractivity contribution is 0.0651. The van der Waals surface area contributed by atoms with E-state index < -0.39 is 0 Å². The first-order valence-corrected chi connectivity index (χ1v) is 9.63. The number of unbranched alkanes of at least 4 members (excludes halogenated alkanes) is 5. The van der Waals surface area contributed by atoms with Crippen molar-refractivity contribution in [1.29, 1.82) is 0 Å². The number of amides is 2. The molecule has 0 unspecified atom stereocenters. The second-order valence-electron chi connectivity index (χ2n) is 6.26. The molecule has 0 N–H and O–H groups in total. The number of hydrogen-bond acceptors (Lipinski definition) is 3. The van der Waals surface area contributed by atoms with Crippen LogP contribution in [-0.2, 0) is 6.42 Å². The molecule has 2 amide bonds. The molecule has 1 aliphatic rings. The number of benzene rings is 1. The highest BCUT2D eigenvalue weighted by Gasteiger charge is 2.34. The van der Waals surface area contributed by atoms with Crippen molar-refractivity contribution >= 4 is 23.2 Å². The molecule has 4 heteroatoms. The third kappa shape index (κ3) is 3.93. The Labute approximate surface area is 147 Å². The maximum absolute atomic E-state index is 12.2. The molecule has 2 aromatic rings. The zero-order chi connectivity index (χ0) is 16.8. The summed E-state index contributed by atoms with van der Waals surface area (Å²) in [6.45, 7) is 0.543. The average molecular weight is 341 g/mol. The summed E-state index contributed by atoms with van der Waals surface area (Å²) in [5.74, 6) is -0.266. The van der Waals surface area contributed by atoms with E-state index in [1.807, 2.05) is 23.5 Å². The lowest BCUT2D eigenvalue weighted by atomic mass is 10.1. The minimum absolute atomic E-state index is 0.133. The molecule has 0 spiro atoms. The molecule has 0 bridgehead atoms. The van der Waals surface area contributed by atoms with Gasteiger partial charge in [-0.2, -0.15) is 0 Å². The Hall–Kier alpha value is -1.94. The van der Waals surface area contributed by atoms with E-state index in [2.05, 4.69) is 17.5 Å².